The van der Waals surface area contributed by atoms with Crippen LogP contribution in [-0.2, 0) is 19.2 Å². The van der Waals surface area contributed by atoms with Crippen molar-refractivity contribution in [3.05, 3.63) is 0 Å². The van der Waals surface area contributed by atoms with Crippen LogP contribution in [0.3, 0.4) is 0 Å². The number of hydrogen-bond acceptors (Lipinski definition) is 4. The van der Waals surface area contributed by atoms with Gasteiger partial charge in [-0.25, -0.2) is 9.86 Å². The first kappa shape index (κ1) is 9.98. The minimum absolute atomic E-state index is 0.216. The van der Waals surface area contributed by atoms with Gasteiger partial charge in [0.25, 0.3) is 0 Å². The van der Waals surface area contributed by atoms with E-state index < -0.39 is 17.6 Å². The van der Waals surface area contributed by atoms with Gasteiger partial charge < -0.3 is 4.74 Å². The van der Waals surface area contributed by atoms with E-state index in [0.717, 1.165) is 5.06 Å². The Labute approximate surface area is 76.6 Å². The van der Waals surface area contributed by atoms with Crippen molar-refractivity contribution in [2.75, 3.05) is 6.61 Å². The number of hydrogen-bond donors (Lipinski definition) is 0. The van der Waals surface area contributed by atoms with E-state index in [-0.39, 0.29) is 6.61 Å². The summed E-state index contributed by atoms with van der Waals surface area (Å²) in [6.45, 7) is 5.61. The molecule has 74 valence electrons. The molecule has 0 saturated carbocycles. The molecule has 1 atom stereocenters. The first-order chi connectivity index (χ1) is 5.94. The van der Waals surface area contributed by atoms with E-state index in [1.165, 1.54) is 0 Å². The van der Waals surface area contributed by atoms with Crippen molar-refractivity contribution < 1.29 is 19.2 Å². The number of carbonyl (C=O) groups excluding carboxylic acids is 2. The molecule has 1 aliphatic rings. The van der Waals surface area contributed by atoms with Crippen LogP contribution in [0.5, 0.6) is 0 Å². The van der Waals surface area contributed by atoms with E-state index in [0.29, 0.717) is 6.41 Å². The van der Waals surface area contributed by atoms with Crippen LogP contribution in [-0.4, -0.2) is 35.7 Å². The summed E-state index contributed by atoms with van der Waals surface area (Å²) in [5.74, 6) is -0.420. The van der Waals surface area contributed by atoms with E-state index in [9.17, 15) is 9.59 Å². The summed E-state index contributed by atoms with van der Waals surface area (Å²) in [6, 6.07) is -0.572. The molecule has 1 amide bonds. The second-order valence-electron chi connectivity index (χ2n) is 3.81. The lowest BCUT2D eigenvalue weighted by Crippen LogP contribution is -2.54. The minimum Gasteiger partial charge on any atom is -0.461 e. The number of amides is 1. The molecule has 0 aromatic heterocycles. The van der Waals surface area contributed by atoms with Gasteiger partial charge in [0.15, 0.2) is 6.04 Å². The van der Waals surface area contributed by atoms with E-state index in [4.69, 9.17) is 4.84 Å². The first-order valence-corrected chi connectivity index (χ1v) is 4.03. The number of hydroxylamine groups is 2. The van der Waals surface area contributed by atoms with Gasteiger partial charge in [-0.05, 0) is 20.8 Å². The summed E-state index contributed by atoms with van der Waals surface area (Å²) in [7, 11) is 0. The maximum Gasteiger partial charge on any atom is 0.335 e. The highest BCUT2D eigenvalue weighted by Gasteiger charge is 2.38. The average Bonchev–Trinajstić information content (AvgIpc) is 1.98. The van der Waals surface area contributed by atoms with Crippen LogP contribution in [0, 0.1) is 0 Å². The van der Waals surface area contributed by atoms with Crippen LogP contribution in [0.4, 0.5) is 0 Å². The van der Waals surface area contributed by atoms with Gasteiger partial charge in [-0.15, -0.1) is 0 Å². The summed E-state index contributed by atoms with van der Waals surface area (Å²) in [6.07, 6.45) is 0.496. The summed E-state index contributed by atoms with van der Waals surface area (Å²) in [5.41, 5.74) is -0.489. The third-order valence-corrected chi connectivity index (χ3v) is 1.45. The fourth-order valence-corrected chi connectivity index (χ4v) is 0.878. The standard InChI is InChI=1S/C8H13NO4/c1-8(2,3)13-9(5-10)6-4-12-7(6)11/h5-6H,4H2,1-3H3. The van der Waals surface area contributed by atoms with Gasteiger partial charge in [-0.3, -0.25) is 9.63 Å². The molecular weight excluding hydrogens is 174 g/mol. The van der Waals surface area contributed by atoms with Crippen molar-refractivity contribution >= 4 is 12.4 Å². The lowest BCUT2D eigenvalue weighted by Gasteiger charge is -2.35. The van der Waals surface area contributed by atoms with Gasteiger partial charge in [-0.1, -0.05) is 0 Å². The van der Waals surface area contributed by atoms with Crippen LogP contribution < -0.4 is 0 Å². The maximum absolute atomic E-state index is 10.8. The van der Waals surface area contributed by atoms with E-state index in [1.54, 1.807) is 20.8 Å². The van der Waals surface area contributed by atoms with Gasteiger partial charge in [-0.2, -0.15) is 0 Å². The summed E-state index contributed by atoms with van der Waals surface area (Å²) < 4.78 is 4.52. The zero-order valence-corrected chi connectivity index (χ0v) is 7.94. The minimum atomic E-state index is -0.572. The number of carbonyl (C=O) groups is 2. The Bertz CT molecular complexity index is 221. The number of rotatable bonds is 3. The molecule has 1 rings (SSSR count). The van der Waals surface area contributed by atoms with Crippen LogP contribution in [0.2, 0.25) is 0 Å². The molecule has 1 saturated heterocycles. The molecule has 1 unspecified atom stereocenters. The summed E-state index contributed by atoms with van der Waals surface area (Å²) >= 11 is 0. The highest BCUT2D eigenvalue weighted by molar-refractivity contribution is 5.82. The normalized spacial score (nSPS) is 21.8. The van der Waals surface area contributed by atoms with E-state index in [1.807, 2.05) is 0 Å². The fourth-order valence-electron chi connectivity index (χ4n) is 0.878. The second kappa shape index (κ2) is 3.33. The Kier molecular flexibility index (Phi) is 2.56. The maximum atomic E-state index is 10.8. The molecule has 0 aliphatic carbocycles. The number of nitrogens with zero attached hydrogens (tertiary/aromatic N) is 1. The van der Waals surface area contributed by atoms with E-state index in [2.05, 4.69) is 4.74 Å². The predicted molar refractivity (Wildman–Crippen MR) is 43.5 cm³/mol. The van der Waals surface area contributed by atoms with Crippen molar-refractivity contribution in [1.29, 1.82) is 0 Å². The highest BCUT2D eigenvalue weighted by Crippen LogP contribution is 2.16. The summed E-state index contributed by atoms with van der Waals surface area (Å²) in [5, 5.41) is 1.01. The fraction of sp³-hybridized carbons (Fsp3) is 0.750. The lowest BCUT2D eigenvalue weighted by molar-refractivity contribution is -0.254. The predicted octanol–water partition coefficient (Wildman–Crippen LogP) is 0.100. The van der Waals surface area contributed by atoms with Gasteiger partial charge in [0.1, 0.15) is 6.61 Å². The molecule has 0 aromatic carbocycles. The number of cyclic esters (lactones) is 1. The largest absolute Gasteiger partial charge is 0.461 e. The van der Waals surface area contributed by atoms with Crippen LogP contribution in [0.15, 0.2) is 0 Å². The molecule has 0 radical (unpaired) electrons. The van der Waals surface area contributed by atoms with E-state index >= 15 is 0 Å². The van der Waals surface area contributed by atoms with Crippen molar-refractivity contribution in [2.45, 2.75) is 32.4 Å². The molecule has 1 aliphatic heterocycles. The summed E-state index contributed by atoms with van der Waals surface area (Å²) in [4.78, 5) is 26.6. The Hall–Kier alpha value is -1.10. The first-order valence-electron chi connectivity index (χ1n) is 4.03. The van der Waals surface area contributed by atoms with Gasteiger partial charge >= 0.3 is 5.97 Å². The van der Waals surface area contributed by atoms with Crippen LogP contribution in [0.1, 0.15) is 20.8 Å². The Balaban J connectivity index is 2.53. The van der Waals surface area contributed by atoms with Crippen molar-refractivity contribution in [2.24, 2.45) is 0 Å². The molecule has 0 bridgehead atoms. The van der Waals surface area contributed by atoms with Crippen molar-refractivity contribution in [3.8, 4) is 0 Å². The zero-order valence-electron chi connectivity index (χ0n) is 7.94. The van der Waals surface area contributed by atoms with Crippen molar-refractivity contribution in [1.82, 2.24) is 5.06 Å². The monoisotopic (exact) mass is 187 g/mol. The Morgan fingerprint density at radius 2 is 2.23 bits per heavy atom. The molecule has 5 heteroatoms. The molecule has 0 spiro atoms. The third kappa shape index (κ3) is 2.42. The van der Waals surface area contributed by atoms with Gasteiger partial charge in [0.2, 0.25) is 6.41 Å². The quantitative estimate of drug-likeness (QED) is 0.357. The third-order valence-electron chi connectivity index (χ3n) is 1.45. The topological polar surface area (TPSA) is 55.8 Å². The van der Waals surface area contributed by atoms with Gasteiger partial charge in [0.05, 0.1) is 5.60 Å². The number of ether oxygens (including phenoxy) is 1. The SMILES string of the molecule is CC(C)(C)ON(C=O)C1COC1=O. The molecule has 5 nitrogen and oxygen atoms in total. The van der Waals surface area contributed by atoms with Crippen LogP contribution in [0.25, 0.3) is 0 Å². The average molecular weight is 187 g/mol. The molecule has 13 heavy (non-hydrogen) atoms. The highest BCUT2D eigenvalue weighted by atomic mass is 16.7. The Morgan fingerprint density at radius 1 is 1.62 bits per heavy atom. The Morgan fingerprint density at radius 3 is 2.46 bits per heavy atom. The molecular formula is C8H13NO4. The molecule has 0 aromatic rings. The van der Waals surface area contributed by atoms with Crippen LogP contribution >= 0.6 is 0 Å². The second-order valence-corrected chi connectivity index (χ2v) is 3.81. The molecule has 1 fully saturated rings. The van der Waals surface area contributed by atoms with Gasteiger partial charge in [0, 0.05) is 0 Å². The molecule has 0 N–H and O–H groups in total. The number of esters is 1. The zero-order chi connectivity index (χ0) is 10.1. The van der Waals surface area contributed by atoms with Crippen molar-refractivity contribution in [3.63, 3.8) is 0 Å². The lowest BCUT2D eigenvalue weighted by atomic mass is 10.2. The molecule has 1 heterocycles. The smallest absolute Gasteiger partial charge is 0.335 e.